The lowest BCUT2D eigenvalue weighted by atomic mass is 9.94. The number of carbonyl (C=O) groups excluding carboxylic acids is 5. The smallest absolute Gasteiger partial charge is 0.308 e. The zero-order chi connectivity index (χ0) is 39.4. The van der Waals surface area contributed by atoms with E-state index < -0.39 is 12.0 Å². The van der Waals surface area contributed by atoms with Crippen LogP contribution < -0.4 is 16.0 Å². The lowest BCUT2D eigenvalue weighted by Crippen LogP contribution is -2.49. The third-order valence-corrected chi connectivity index (χ3v) is 9.15. The van der Waals surface area contributed by atoms with Gasteiger partial charge in [0.1, 0.15) is 12.6 Å². The summed E-state index contributed by atoms with van der Waals surface area (Å²) in [5, 5.41) is 8.50. The number of allylic oxidation sites excluding steroid dienone is 1. The van der Waals surface area contributed by atoms with Crippen LogP contribution in [-0.2, 0) is 33.4 Å². The molecule has 0 spiro atoms. The van der Waals surface area contributed by atoms with E-state index >= 15 is 0 Å². The van der Waals surface area contributed by atoms with Crippen LogP contribution >= 0.6 is 0 Å². The van der Waals surface area contributed by atoms with E-state index in [9.17, 15) is 24.0 Å². The van der Waals surface area contributed by atoms with Crippen molar-refractivity contribution in [2.75, 3.05) is 46.9 Å². The van der Waals surface area contributed by atoms with E-state index in [0.717, 1.165) is 44.9 Å². The van der Waals surface area contributed by atoms with Gasteiger partial charge in [0.15, 0.2) is 0 Å². The highest BCUT2D eigenvalue weighted by Crippen LogP contribution is 2.20. The first-order valence-electron chi connectivity index (χ1n) is 21.1. The molecular formula is C42H78N4O7. The van der Waals surface area contributed by atoms with Crippen molar-refractivity contribution >= 4 is 29.7 Å². The van der Waals surface area contributed by atoms with E-state index in [1.165, 1.54) is 64.2 Å². The van der Waals surface area contributed by atoms with E-state index in [2.05, 4.69) is 36.7 Å². The molecule has 0 radical (unpaired) electrons. The second-order valence-corrected chi connectivity index (χ2v) is 14.6. The number of hydrogen-bond donors (Lipinski definition) is 3. The predicted octanol–water partition coefficient (Wildman–Crippen LogP) is 7.56. The van der Waals surface area contributed by atoms with Crippen LogP contribution in [0.15, 0.2) is 12.2 Å². The fraction of sp³-hybridized carbons (Fsp3) is 0.833. The largest absolute Gasteiger partial charge is 0.465 e. The van der Waals surface area contributed by atoms with Gasteiger partial charge in [-0.2, -0.15) is 0 Å². The van der Waals surface area contributed by atoms with Crippen molar-refractivity contribution in [1.82, 2.24) is 20.9 Å². The summed E-state index contributed by atoms with van der Waals surface area (Å²) in [6.07, 6.45) is 25.3. The Bertz CT molecular complexity index is 989. The molecule has 0 aliphatic carbocycles. The fourth-order valence-corrected chi connectivity index (χ4v) is 5.94. The van der Waals surface area contributed by atoms with E-state index in [1.54, 1.807) is 19.0 Å². The van der Waals surface area contributed by atoms with Gasteiger partial charge in [-0.3, -0.25) is 24.0 Å². The lowest BCUT2D eigenvalue weighted by Gasteiger charge is -2.20. The van der Waals surface area contributed by atoms with Gasteiger partial charge in [-0.05, 0) is 65.5 Å². The van der Waals surface area contributed by atoms with E-state index in [1.807, 2.05) is 12.2 Å². The van der Waals surface area contributed by atoms with Crippen LogP contribution in [0.1, 0.15) is 168 Å². The molecule has 0 aliphatic heterocycles. The molecule has 0 saturated carbocycles. The number of ether oxygens (including phenoxy) is 2. The highest BCUT2D eigenvalue weighted by molar-refractivity contribution is 5.88. The maximum absolute atomic E-state index is 13.0. The van der Waals surface area contributed by atoms with E-state index in [-0.39, 0.29) is 55.6 Å². The van der Waals surface area contributed by atoms with Crippen molar-refractivity contribution in [2.24, 2.45) is 5.92 Å². The van der Waals surface area contributed by atoms with Gasteiger partial charge in [-0.1, -0.05) is 116 Å². The summed E-state index contributed by atoms with van der Waals surface area (Å²) in [6.45, 7) is 7.98. The Labute approximate surface area is 322 Å². The molecule has 0 aliphatic rings. The molecule has 53 heavy (non-hydrogen) atoms. The van der Waals surface area contributed by atoms with Crippen molar-refractivity contribution in [3.05, 3.63) is 12.2 Å². The number of amides is 3. The van der Waals surface area contributed by atoms with Crippen molar-refractivity contribution in [3.8, 4) is 0 Å². The van der Waals surface area contributed by atoms with Gasteiger partial charge in [0.05, 0.1) is 25.5 Å². The molecule has 2 atom stereocenters. The number of hydrogen-bond acceptors (Lipinski definition) is 8. The fourth-order valence-electron chi connectivity index (χ4n) is 5.94. The van der Waals surface area contributed by atoms with Crippen molar-refractivity contribution in [3.63, 3.8) is 0 Å². The molecule has 0 aromatic rings. The zero-order valence-corrected chi connectivity index (χ0v) is 34.4. The normalized spacial score (nSPS) is 12.4. The SMILES string of the molecule is CCCCCC/C=C\COC(=O)CCC(=O)NCCCC(NC(=O)CN(C)C)C(=O)NCCCCOC(=O)C(CCCCCC)CCCCCCCC. The summed E-state index contributed by atoms with van der Waals surface area (Å²) < 4.78 is 10.9. The van der Waals surface area contributed by atoms with Crippen LogP contribution in [0.4, 0.5) is 0 Å². The predicted molar refractivity (Wildman–Crippen MR) is 214 cm³/mol. The van der Waals surface area contributed by atoms with Crippen molar-refractivity contribution in [2.45, 2.75) is 174 Å². The average Bonchev–Trinajstić information content (AvgIpc) is 3.12. The molecule has 0 aromatic heterocycles. The summed E-state index contributed by atoms with van der Waals surface area (Å²) >= 11 is 0. The number of rotatable bonds is 36. The second-order valence-electron chi connectivity index (χ2n) is 14.6. The van der Waals surface area contributed by atoms with Crippen molar-refractivity contribution < 1.29 is 33.4 Å². The number of nitrogens with zero attached hydrogens (tertiary/aromatic N) is 1. The molecular weight excluding hydrogens is 672 g/mol. The second kappa shape index (κ2) is 36.0. The minimum atomic E-state index is -0.748. The molecule has 11 nitrogen and oxygen atoms in total. The van der Waals surface area contributed by atoms with Crippen LogP contribution in [0, 0.1) is 5.92 Å². The molecule has 11 heteroatoms. The summed E-state index contributed by atoms with van der Waals surface area (Å²) in [6, 6.07) is -0.748. The Morgan fingerprint density at radius 3 is 1.87 bits per heavy atom. The van der Waals surface area contributed by atoms with Gasteiger partial charge >= 0.3 is 11.9 Å². The van der Waals surface area contributed by atoms with Gasteiger partial charge in [-0.25, -0.2) is 0 Å². The van der Waals surface area contributed by atoms with Gasteiger partial charge in [-0.15, -0.1) is 0 Å². The number of carbonyl (C=O) groups is 5. The third-order valence-electron chi connectivity index (χ3n) is 9.15. The standard InChI is InChI=1S/C42H78N4O7/c1-6-9-12-15-17-19-23-33-52-40(49)30-29-38(47)43-32-25-28-37(45-39(48)35-46(4)5)41(50)44-31-22-24-34-53-42(51)36(26-20-14-11-8-3)27-21-18-16-13-10-7-2/h19,23,36-37H,6-18,20-22,24-35H2,1-5H3,(H,43,47)(H,44,50)(H,45,48)/b23-19-. The summed E-state index contributed by atoms with van der Waals surface area (Å²) in [7, 11) is 3.56. The first-order chi connectivity index (χ1) is 25.6. The number of likely N-dealkylation sites (N-methyl/N-ethyl adjacent to an activating group) is 1. The monoisotopic (exact) mass is 751 g/mol. The van der Waals surface area contributed by atoms with Crippen LogP contribution in [0.25, 0.3) is 0 Å². The Morgan fingerprint density at radius 1 is 0.604 bits per heavy atom. The molecule has 0 fully saturated rings. The average molecular weight is 751 g/mol. The quantitative estimate of drug-likeness (QED) is 0.0339. The summed E-state index contributed by atoms with van der Waals surface area (Å²) in [5.74, 6) is -1.36. The van der Waals surface area contributed by atoms with Crippen molar-refractivity contribution in [1.29, 1.82) is 0 Å². The van der Waals surface area contributed by atoms with Gasteiger partial charge < -0.3 is 30.3 Å². The van der Waals surface area contributed by atoms with Crippen LogP contribution in [0.5, 0.6) is 0 Å². The Kier molecular flexibility index (Phi) is 34.0. The van der Waals surface area contributed by atoms with Gasteiger partial charge in [0.25, 0.3) is 0 Å². The molecule has 0 aromatic carbocycles. The molecule has 0 heterocycles. The van der Waals surface area contributed by atoms with Crippen LogP contribution in [0.3, 0.4) is 0 Å². The number of nitrogens with one attached hydrogen (secondary N) is 3. The van der Waals surface area contributed by atoms with E-state index in [4.69, 9.17) is 9.47 Å². The maximum Gasteiger partial charge on any atom is 0.308 e. The zero-order valence-electron chi connectivity index (χ0n) is 34.4. The molecule has 3 N–H and O–H groups in total. The molecule has 0 rings (SSSR count). The Morgan fingerprint density at radius 2 is 1.21 bits per heavy atom. The lowest BCUT2D eigenvalue weighted by molar-refractivity contribution is -0.149. The Hall–Kier alpha value is -2.95. The number of unbranched alkanes of at least 4 members (excludes halogenated alkanes) is 13. The van der Waals surface area contributed by atoms with Crippen LogP contribution in [0.2, 0.25) is 0 Å². The molecule has 0 saturated heterocycles. The van der Waals surface area contributed by atoms with Gasteiger partial charge in [0.2, 0.25) is 17.7 Å². The van der Waals surface area contributed by atoms with Crippen LogP contribution in [-0.4, -0.2) is 87.5 Å². The molecule has 308 valence electrons. The highest BCUT2D eigenvalue weighted by atomic mass is 16.5. The van der Waals surface area contributed by atoms with Gasteiger partial charge in [0, 0.05) is 19.5 Å². The minimum Gasteiger partial charge on any atom is -0.465 e. The molecule has 2 unspecified atom stereocenters. The number of esters is 2. The summed E-state index contributed by atoms with van der Waals surface area (Å²) in [4.78, 5) is 64.4. The van der Waals surface area contributed by atoms with E-state index in [0.29, 0.717) is 45.4 Å². The molecule has 0 bridgehead atoms. The minimum absolute atomic E-state index is 0.000179. The topological polar surface area (TPSA) is 143 Å². The third kappa shape index (κ3) is 32.2. The highest BCUT2D eigenvalue weighted by Gasteiger charge is 2.21. The Balaban J connectivity index is 4.55. The molecule has 3 amide bonds. The first-order valence-corrected chi connectivity index (χ1v) is 21.1. The maximum atomic E-state index is 13.0. The first kappa shape index (κ1) is 50.1. The summed E-state index contributed by atoms with van der Waals surface area (Å²) in [5.41, 5.74) is 0.